The normalized spacial score (nSPS) is 10.5. The first-order valence-corrected chi connectivity index (χ1v) is 7.61. The van der Waals surface area contributed by atoms with Crippen molar-refractivity contribution in [2.75, 3.05) is 12.4 Å². The lowest BCUT2D eigenvalue weighted by Crippen LogP contribution is -2.11. The first-order chi connectivity index (χ1) is 12.1. The number of hydrogen-bond acceptors (Lipinski definition) is 5. The summed E-state index contributed by atoms with van der Waals surface area (Å²) in [5, 5.41) is 2.72. The van der Waals surface area contributed by atoms with E-state index in [9.17, 15) is 9.59 Å². The van der Waals surface area contributed by atoms with E-state index in [0.717, 1.165) is 11.4 Å². The van der Waals surface area contributed by atoms with Gasteiger partial charge in [-0.3, -0.25) is 4.79 Å². The van der Waals surface area contributed by atoms with Crippen LogP contribution in [0.25, 0.3) is 0 Å². The van der Waals surface area contributed by atoms with Crippen molar-refractivity contribution in [2.24, 2.45) is 0 Å². The average Bonchev–Trinajstić information content (AvgIpc) is 3.26. The first kappa shape index (κ1) is 16.5. The van der Waals surface area contributed by atoms with Gasteiger partial charge in [0, 0.05) is 30.7 Å². The van der Waals surface area contributed by atoms with Crippen molar-refractivity contribution in [3.63, 3.8) is 0 Å². The molecular weight excluding hydrogens is 322 g/mol. The molecule has 0 spiro atoms. The lowest BCUT2D eigenvalue weighted by atomic mass is 10.2. The quantitative estimate of drug-likeness (QED) is 0.722. The summed E-state index contributed by atoms with van der Waals surface area (Å²) >= 11 is 0. The predicted molar refractivity (Wildman–Crippen MR) is 90.5 cm³/mol. The number of carbonyl (C=O) groups excluding carboxylic acids is 2. The number of imidazole rings is 1. The molecule has 128 valence electrons. The van der Waals surface area contributed by atoms with Gasteiger partial charge in [0.05, 0.1) is 12.7 Å². The number of ether oxygens (including phenoxy) is 1. The Hall–Kier alpha value is -3.35. The number of amides is 1. The van der Waals surface area contributed by atoms with Crippen LogP contribution in [0.1, 0.15) is 32.3 Å². The zero-order valence-corrected chi connectivity index (χ0v) is 13.9. The van der Waals surface area contributed by atoms with Crippen molar-refractivity contribution in [3.05, 3.63) is 71.7 Å². The van der Waals surface area contributed by atoms with E-state index in [0.29, 0.717) is 12.2 Å². The van der Waals surface area contributed by atoms with Crippen LogP contribution in [0.15, 0.2) is 53.4 Å². The molecule has 0 saturated heterocycles. The standard InChI is InChI=1S/C18H17N3O4/c1-12-19-7-8-21(12)10-13-3-5-15(6-4-13)20-17(22)16-9-14(11-25-16)18(23)24-2/h3-9,11H,10H2,1-2H3,(H,20,22). The largest absolute Gasteiger partial charge is 0.465 e. The van der Waals surface area contributed by atoms with Gasteiger partial charge in [-0.25, -0.2) is 9.78 Å². The van der Waals surface area contributed by atoms with Gasteiger partial charge in [-0.05, 0) is 24.6 Å². The highest BCUT2D eigenvalue weighted by molar-refractivity contribution is 6.03. The second-order valence-electron chi connectivity index (χ2n) is 5.44. The number of nitrogens with zero attached hydrogens (tertiary/aromatic N) is 2. The molecule has 0 fully saturated rings. The van der Waals surface area contributed by atoms with Gasteiger partial charge in [0.2, 0.25) is 0 Å². The van der Waals surface area contributed by atoms with Crippen molar-refractivity contribution >= 4 is 17.6 Å². The Balaban J connectivity index is 1.64. The van der Waals surface area contributed by atoms with E-state index in [4.69, 9.17) is 4.42 Å². The third kappa shape index (κ3) is 3.77. The molecule has 3 aromatic rings. The maximum atomic E-state index is 12.2. The number of nitrogens with one attached hydrogen (secondary N) is 1. The molecule has 7 heteroatoms. The topological polar surface area (TPSA) is 86.4 Å². The van der Waals surface area contributed by atoms with Crippen LogP contribution in [-0.2, 0) is 11.3 Å². The smallest absolute Gasteiger partial charge is 0.341 e. The number of aromatic nitrogens is 2. The number of benzene rings is 1. The Morgan fingerprint density at radius 3 is 2.68 bits per heavy atom. The van der Waals surface area contributed by atoms with Gasteiger partial charge in [-0.2, -0.15) is 0 Å². The third-order valence-corrected chi connectivity index (χ3v) is 3.73. The summed E-state index contributed by atoms with van der Waals surface area (Å²) in [6.45, 7) is 2.65. The van der Waals surface area contributed by atoms with Crippen molar-refractivity contribution in [1.82, 2.24) is 9.55 Å². The van der Waals surface area contributed by atoms with Crippen molar-refractivity contribution in [3.8, 4) is 0 Å². The van der Waals surface area contributed by atoms with E-state index >= 15 is 0 Å². The summed E-state index contributed by atoms with van der Waals surface area (Å²) in [5.41, 5.74) is 1.91. The number of aryl methyl sites for hydroxylation is 1. The van der Waals surface area contributed by atoms with E-state index in [2.05, 4.69) is 15.0 Å². The van der Waals surface area contributed by atoms with Crippen LogP contribution in [-0.4, -0.2) is 28.5 Å². The minimum Gasteiger partial charge on any atom is -0.465 e. The molecule has 0 aliphatic carbocycles. The van der Waals surface area contributed by atoms with Gasteiger partial charge in [-0.1, -0.05) is 12.1 Å². The van der Waals surface area contributed by atoms with Gasteiger partial charge < -0.3 is 19.0 Å². The molecule has 1 amide bonds. The fourth-order valence-electron chi connectivity index (χ4n) is 2.33. The number of furan rings is 1. The van der Waals surface area contributed by atoms with Crippen molar-refractivity contribution in [2.45, 2.75) is 13.5 Å². The van der Waals surface area contributed by atoms with E-state index in [1.54, 1.807) is 6.20 Å². The van der Waals surface area contributed by atoms with E-state index in [1.807, 2.05) is 42.0 Å². The van der Waals surface area contributed by atoms with Crippen LogP contribution < -0.4 is 5.32 Å². The highest BCUT2D eigenvalue weighted by Gasteiger charge is 2.15. The Bertz CT molecular complexity index is 893. The summed E-state index contributed by atoms with van der Waals surface area (Å²) in [5.74, 6) is -0.00886. The van der Waals surface area contributed by atoms with Crippen LogP contribution in [0.5, 0.6) is 0 Å². The molecule has 0 bridgehead atoms. The second-order valence-corrected chi connectivity index (χ2v) is 5.44. The fraction of sp³-hybridized carbons (Fsp3) is 0.167. The third-order valence-electron chi connectivity index (χ3n) is 3.73. The number of esters is 1. The second kappa shape index (κ2) is 7.04. The number of rotatable bonds is 5. The Morgan fingerprint density at radius 2 is 2.04 bits per heavy atom. The first-order valence-electron chi connectivity index (χ1n) is 7.61. The summed E-state index contributed by atoms with van der Waals surface area (Å²) in [4.78, 5) is 27.7. The minimum absolute atomic E-state index is 0.0403. The Morgan fingerprint density at radius 1 is 1.28 bits per heavy atom. The SMILES string of the molecule is COC(=O)c1coc(C(=O)Nc2ccc(Cn3ccnc3C)cc2)c1. The number of carbonyl (C=O) groups is 2. The van der Waals surface area contributed by atoms with Gasteiger partial charge >= 0.3 is 5.97 Å². The molecule has 2 heterocycles. The molecular formula is C18H17N3O4. The molecule has 1 aromatic carbocycles. The van der Waals surface area contributed by atoms with Crippen LogP contribution in [0, 0.1) is 6.92 Å². The average molecular weight is 339 g/mol. The van der Waals surface area contributed by atoms with Gasteiger partial charge in [0.1, 0.15) is 12.1 Å². The van der Waals surface area contributed by atoms with Crippen LogP contribution >= 0.6 is 0 Å². The Kier molecular flexibility index (Phi) is 4.65. The zero-order valence-electron chi connectivity index (χ0n) is 13.9. The predicted octanol–water partition coefficient (Wildman–Crippen LogP) is 2.87. The van der Waals surface area contributed by atoms with E-state index < -0.39 is 11.9 Å². The molecule has 1 N–H and O–H groups in total. The van der Waals surface area contributed by atoms with Crippen LogP contribution in [0.4, 0.5) is 5.69 Å². The molecule has 0 saturated carbocycles. The van der Waals surface area contributed by atoms with Crippen molar-refractivity contribution < 1.29 is 18.7 Å². The molecule has 3 rings (SSSR count). The lowest BCUT2D eigenvalue weighted by Gasteiger charge is -2.07. The van der Waals surface area contributed by atoms with Gasteiger partial charge in [0.15, 0.2) is 5.76 Å². The molecule has 25 heavy (non-hydrogen) atoms. The lowest BCUT2D eigenvalue weighted by molar-refractivity contribution is 0.0600. The van der Waals surface area contributed by atoms with Crippen LogP contribution in [0.2, 0.25) is 0 Å². The number of hydrogen-bond donors (Lipinski definition) is 1. The number of methoxy groups -OCH3 is 1. The molecule has 0 unspecified atom stereocenters. The molecule has 0 aliphatic heterocycles. The highest BCUT2D eigenvalue weighted by atomic mass is 16.5. The maximum Gasteiger partial charge on any atom is 0.341 e. The van der Waals surface area contributed by atoms with Gasteiger partial charge in [-0.15, -0.1) is 0 Å². The monoisotopic (exact) mass is 339 g/mol. The molecule has 0 radical (unpaired) electrons. The summed E-state index contributed by atoms with van der Waals surface area (Å²) in [7, 11) is 1.27. The molecule has 0 aliphatic rings. The molecule has 2 aromatic heterocycles. The minimum atomic E-state index is -0.554. The summed E-state index contributed by atoms with van der Waals surface area (Å²) in [6, 6.07) is 8.82. The number of anilines is 1. The molecule has 0 atom stereocenters. The van der Waals surface area contributed by atoms with E-state index in [-0.39, 0.29) is 11.3 Å². The van der Waals surface area contributed by atoms with Crippen molar-refractivity contribution in [1.29, 1.82) is 0 Å². The maximum absolute atomic E-state index is 12.2. The fourth-order valence-corrected chi connectivity index (χ4v) is 2.33. The summed E-state index contributed by atoms with van der Waals surface area (Å²) in [6.07, 6.45) is 4.87. The Labute approximate surface area is 144 Å². The highest BCUT2D eigenvalue weighted by Crippen LogP contribution is 2.15. The molecule has 7 nitrogen and oxygen atoms in total. The zero-order chi connectivity index (χ0) is 17.8. The summed E-state index contributed by atoms with van der Waals surface area (Å²) < 4.78 is 11.7. The van der Waals surface area contributed by atoms with Crippen LogP contribution in [0.3, 0.4) is 0 Å². The van der Waals surface area contributed by atoms with Gasteiger partial charge in [0.25, 0.3) is 5.91 Å². The van der Waals surface area contributed by atoms with E-state index in [1.165, 1.54) is 19.4 Å².